The predicted molar refractivity (Wildman–Crippen MR) is 105 cm³/mol. The fourth-order valence-electron chi connectivity index (χ4n) is 2.58. The summed E-state index contributed by atoms with van der Waals surface area (Å²) >= 11 is 0. The van der Waals surface area contributed by atoms with Gasteiger partial charge in [-0.2, -0.15) is 0 Å². The molecule has 2 aromatic carbocycles. The highest BCUT2D eigenvalue weighted by atomic mass is 16.1. The van der Waals surface area contributed by atoms with E-state index in [4.69, 9.17) is 0 Å². The first kappa shape index (κ1) is 17.6. The molecule has 3 rings (SSSR count). The van der Waals surface area contributed by atoms with E-state index in [2.05, 4.69) is 33.0 Å². The monoisotopic (exact) mass is 346 g/mol. The average Bonchev–Trinajstić information content (AvgIpc) is 2.66. The lowest BCUT2D eigenvalue weighted by molar-refractivity contribution is 0.102. The molecule has 0 aliphatic heterocycles. The molecular weight excluding hydrogens is 324 g/mol. The van der Waals surface area contributed by atoms with Crippen LogP contribution in [0, 0.1) is 13.8 Å². The van der Waals surface area contributed by atoms with Gasteiger partial charge in [0, 0.05) is 12.2 Å². The Kier molecular flexibility index (Phi) is 5.59. The van der Waals surface area contributed by atoms with E-state index < -0.39 is 0 Å². The summed E-state index contributed by atoms with van der Waals surface area (Å²) in [5.74, 6) is 0.395. The van der Waals surface area contributed by atoms with Crippen LogP contribution in [0.15, 0.2) is 60.7 Å². The number of amides is 1. The van der Waals surface area contributed by atoms with E-state index in [1.807, 2.05) is 50.2 Å². The van der Waals surface area contributed by atoms with Crippen molar-refractivity contribution in [3.05, 3.63) is 83.0 Å². The minimum absolute atomic E-state index is 0.262. The Hall–Kier alpha value is -3.21. The second kappa shape index (κ2) is 8.25. The summed E-state index contributed by atoms with van der Waals surface area (Å²) in [6, 6.07) is 19.6. The van der Waals surface area contributed by atoms with Crippen molar-refractivity contribution in [2.75, 3.05) is 17.2 Å². The Morgan fingerprint density at radius 3 is 2.50 bits per heavy atom. The van der Waals surface area contributed by atoms with Gasteiger partial charge in [-0.3, -0.25) is 4.79 Å². The van der Waals surface area contributed by atoms with E-state index in [1.54, 1.807) is 12.1 Å². The van der Waals surface area contributed by atoms with Crippen molar-refractivity contribution in [2.24, 2.45) is 0 Å². The van der Waals surface area contributed by atoms with Crippen LogP contribution in [0.1, 0.15) is 27.2 Å². The quantitative estimate of drug-likeness (QED) is 0.708. The Bertz CT molecular complexity index is 876. The number of anilines is 2. The van der Waals surface area contributed by atoms with Crippen molar-refractivity contribution < 1.29 is 4.79 Å². The lowest BCUT2D eigenvalue weighted by Crippen LogP contribution is -2.16. The van der Waals surface area contributed by atoms with Gasteiger partial charge in [-0.25, -0.2) is 0 Å². The third kappa shape index (κ3) is 4.66. The van der Waals surface area contributed by atoms with Gasteiger partial charge in [-0.15, -0.1) is 10.2 Å². The molecule has 1 amide bonds. The van der Waals surface area contributed by atoms with Gasteiger partial charge in [0.2, 0.25) is 0 Å². The maximum Gasteiger partial charge on any atom is 0.276 e. The van der Waals surface area contributed by atoms with E-state index >= 15 is 0 Å². The maximum absolute atomic E-state index is 12.4. The number of hydrogen-bond donors (Lipinski definition) is 2. The Morgan fingerprint density at radius 1 is 0.962 bits per heavy atom. The fourth-order valence-corrected chi connectivity index (χ4v) is 2.58. The van der Waals surface area contributed by atoms with Crippen molar-refractivity contribution in [1.82, 2.24) is 10.2 Å². The molecule has 5 nitrogen and oxygen atoms in total. The number of aromatic nitrogens is 2. The summed E-state index contributed by atoms with van der Waals surface area (Å²) in [7, 11) is 0. The molecule has 26 heavy (non-hydrogen) atoms. The first-order valence-corrected chi connectivity index (χ1v) is 8.62. The van der Waals surface area contributed by atoms with Gasteiger partial charge >= 0.3 is 0 Å². The zero-order chi connectivity index (χ0) is 18.4. The summed E-state index contributed by atoms with van der Waals surface area (Å²) in [5, 5.41) is 14.2. The van der Waals surface area contributed by atoms with Crippen molar-refractivity contribution in [1.29, 1.82) is 0 Å². The molecule has 0 unspecified atom stereocenters. The third-order valence-electron chi connectivity index (χ3n) is 4.10. The van der Waals surface area contributed by atoms with Gasteiger partial charge in [0.05, 0.1) is 0 Å². The van der Waals surface area contributed by atoms with E-state index in [1.165, 1.54) is 5.56 Å². The van der Waals surface area contributed by atoms with Crippen LogP contribution < -0.4 is 10.6 Å². The van der Waals surface area contributed by atoms with Crippen molar-refractivity contribution in [3.63, 3.8) is 0 Å². The van der Waals surface area contributed by atoms with Gasteiger partial charge in [-0.1, -0.05) is 42.5 Å². The second-order valence-electron chi connectivity index (χ2n) is 6.24. The Balaban J connectivity index is 1.56. The van der Waals surface area contributed by atoms with Crippen LogP contribution in [0.3, 0.4) is 0 Å². The molecule has 0 bridgehead atoms. The number of nitrogens with one attached hydrogen (secondary N) is 2. The predicted octanol–water partition coefficient (Wildman–Crippen LogP) is 4.00. The standard InChI is InChI=1S/C21H22N4O/c1-15-8-9-16(2)19(14-15)23-21(26)18-10-11-20(25-24-18)22-13-12-17-6-4-3-5-7-17/h3-11,14H,12-13H2,1-2H3,(H,22,25)(H,23,26). The van der Waals surface area contributed by atoms with Crippen LogP contribution in [0.4, 0.5) is 11.5 Å². The minimum Gasteiger partial charge on any atom is -0.368 e. The number of aryl methyl sites for hydroxylation is 2. The number of hydrogen-bond acceptors (Lipinski definition) is 4. The number of carbonyl (C=O) groups excluding carboxylic acids is 1. The van der Waals surface area contributed by atoms with E-state index in [-0.39, 0.29) is 5.91 Å². The highest BCUT2D eigenvalue weighted by Crippen LogP contribution is 2.17. The lowest BCUT2D eigenvalue weighted by Gasteiger charge is -2.09. The van der Waals surface area contributed by atoms with Crippen LogP contribution >= 0.6 is 0 Å². The lowest BCUT2D eigenvalue weighted by atomic mass is 10.1. The molecule has 0 fully saturated rings. The molecule has 0 atom stereocenters. The smallest absolute Gasteiger partial charge is 0.276 e. The molecule has 1 aromatic heterocycles. The minimum atomic E-state index is -0.262. The molecule has 1 heterocycles. The van der Waals surface area contributed by atoms with Gasteiger partial charge in [0.15, 0.2) is 5.69 Å². The number of carbonyl (C=O) groups is 1. The van der Waals surface area contributed by atoms with Gasteiger partial charge in [-0.05, 0) is 55.2 Å². The SMILES string of the molecule is Cc1ccc(C)c(NC(=O)c2ccc(NCCc3ccccc3)nn2)c1. The highest BCUT2D eigenvalue weighted by molar-refractivity contribution is 6.03. The summed E-state index contributed by atoms with van der Waals surface area (Å²) in [5.41, 5.74) is 4.45. The summed E-state index contributed by atoms with van der Waals surface area (Å²) < 4.78 is 0. The van der Waals surface area contributed by atoms with Crippen molar-refractivity contribution in [2.45, 2.75) is 20.3 Å². The molecule has 0 aliphatic carbocycles. The highest BCUT2D eigenvalue weighted by Gasteiger charge is 2.10. The molecule has 3 aromatic rings. The second-order valence-corrected chi connectivity index (χ2v) is 6.24. The van der Waals surface area contributed by atoms with Crippen LogP contribution in [0.5, 0.6) is 0 Å². The normalized spacial score (nSPS) is 10.4. The summed E-state index contributed by atoms with van der Waals surface area (Å²) in [6.07, 6.45) is 0.900. The molecular formula is C21H22N4O. The molecule has 2 N–H and O–H groups in total. The topological polar surface area (TPSA) is 66.9 Å². The zero-order valence-electron chi connectivity index (χ0n) is 15.0. The van der Waals surface area contributed by atoms with Crippen LogP contribution in [-0.2, 0) is 6.42 Å². The van der Waals surface area contributed by atoms with Gasteiger partial charge in [0.1, 0.15) is 5.82 Å². The number of rotatable bonds is 6. The van der Waals surface area contributed by atoms with Crippen molar-refractivity contribution in [3.8, 4) is 0 Å². The maximum atomic E-state index is 12.4. The molecule has 0 radical (unpaired) electrons. The molecule has 0 aliphatic rings. The molecule has 132 valence electrons. The van der Waals surface area contributed by atoms with E-state index in [9.17, 15) is 4.79 Å². The van der Waals surface area contributed by atoms with Gasteiger partial charge < -0.3 is 10.6 Å². The molecule has 0 saturated carbocycles. The van der Waals surface area contributed by atoms with Crippen LogP contribution in [-0.4, -0.2) is 22.6 Å². The number of benzene rings is 2. The first-order valence-electron chi connectivity index (χ1n) is 8.62. The van der Waals surface area contributed by atoms with E-state index in [0.29, 0.717) is 11.5 Å². The van der Waals surface area contributed by atoms with Crippen molar-refractivity contribution >= 4 is 17.4 Å². The largest absolute Gasteiger partial charge is 0.368 e. The van der Waals surface area contributed by atoms with Gasteiger partial charge in [0.25, 0.3) is 5.91 Å². The van der Waals surface area contributed by atoms with Crippen LogP contribution in [0.2, 0.25) is 0 Å². The zero-order valence-corrected chi connectivity index (χ0v) is 15.0. The van der Waals surface area contributed by atoms with Crippen LogP contribution in [0.25, 0.3) is 0 Å². The summed E-state index contributed by atoms with van der Waals surface area (Å²) in [6.45, 7) is 4.71. The average molecular weight is 346 g/mol. The Labute approximate surface area is 153 Å². The number of nitrogens with zero attached hydrogens (tertiary/aromatic N) is 2. The third-order valence-corrected chi connectivity index (χ3v) is 4.10. The first-order chi connectivity index (χ1) is 12.6. The molecule has 5 heteroatoms. The fraction of sp³-hybridized carbons (Fsp3) is 0.190. The summed E-state index contributed by atoms with van der Waals surface area (Å²) in [4.78, 5) is 12.4. The molecule has 0 spiro atoms. The Morgan fingerprint density at radius 2 is 1.77 bits per heavy atom. The molecule has 0 saturated heterocycles. The van der Waals surface area contributed by atoms with E-state index in [0.717, 1.165) is 29.8 Å².